The first-order chi connectivity index (χ1) is 6.65. The Kier molecular flexibility index (Phi) is 2.41. The summed E-state index contributed by atoms with van der Waals surface area (Å²) >= 11 is 0. The molecule has 15 heavy (non-hydrogen) atoms. The molecule has 0 saturated carbocycles. The van der Waals surface area contributed by atoms with Crippen LogP contribution in [0.15, 0.2) is 4.79 Å². The molecule has 2 N–H and O–H groups in total. The normalized spacial score (nSPS) is 13.1. The van der Waals surface area contributed by atoms with E-state index in [4.69, 9.17) is 5.84 Å². The molecule has 0 radical (unpaired) electrons. The largest absolute Gasteiger partial charge is 0.455 e. The average Bonchev–Trinajstić information content (AvgIpc) is 2.33. The van der Waals surface area contributed by atoms with Crippen LogP contribution in [-0.2, 0) is 6.54 Å². The second kappa shape index (κ2) is 3.17. The van der Waals surface area contributed by atoms with Gasteiger partial charge in [-0.1, -0.05) is 0 Å². The molecular formula is C4H4F5N5O. The summed E-state index contributed by atoms with van der Waals surface area (Å²) in [5.74, 6) is -0.311. The lowest BCUT2D eigenvalue weighted by Crippen LogP contribution is -2.43. The Balaban J connectivity index is 2.97. The predicted molar refractivity (Wildman–Crippen MR) is 35.4 cm³/mol. The van der Waals surface area contributed by atoms with E-state index in [0.717, 1.165) is 0 Å². The number of hydrogen-bond acceptors (Lipinski definition) is 4. The average molecular weight is 233 g/mol. The molecule has 0 aromatic carbocycles. The Bertz CT molecular complexity index is 404. The molecule has 0 amide bonds. The maximum atomic E-state index is 12.4. The number of halogens is 5. The summed E-state index contributed by atoms with van der Waals surface area (Å²) in [5.41, 5.74) is -1.36. The highest BCUT2D eigenvalue weighted by atomic mass is 19.4. The molecule has 0 fully saturated rings. The van der Waals surface area contributed by atoms with Crippen LogP contribution in [0.2, 0.25) is 0 Å². The zero-order chi connectivity index (χ0) is 11.9. The van der Waals surface area contributed by atoms with Crippen molar-refractivity contribution in [3.05, 3.63) is 10.5 Å². The fourth-order valence-electron chi connectivity index (χ4n) is 0.663. The lowest BCUT2D eigenvalue weighted by atomic mass is 10.3. The van der Waals surface area contributed by atoms with Gasteiger partial charge in [0.15, 0.2) is 0 Å². The molecule has 0 aliphatic heterocycles. The first-order valence-corrected chi connectivity index (χ1v) is 3.37. The molecule has 0 atom stereocenters. The number of aromatic nitrogens is 4. The molecule has 0 unspecified atom stereocenters. The van der Waals surface area contributed by atoms with Crippen LogP contribution < -0.4 is 11.5 Å². The smallest absolute Gasteiger partial charge is 0.317 e. The molecule has 0 bridgehead atoms. The zero-order valence-electron chi connectivity index (χ0n) is 6.87. The number of tetrazole rings is 1. The summed E-state index contributed by atoms with van der Waals surface area (Å²) in [5, 5.41) is 5.50. The minimum Gasteiger partial charge on any atom is -0.317 e. The van der Waals surface area contributed by atoms with Crippen molar-refractivity contribution in [1.82, 2.24) is 19.9 Å². The van der Waals surface area contributed by atoms with Gasteiger partial charge in [0.1, 0.15) is 6.54 Å². The Morgan fingerprint density at radius 2 is 1.73 bits per heavy atom. The van der Waals surface area contributed by atoms with Crippen LogP contribution in [0.4, 0.5) is 22.0 Å². The quantitative estimate of drug-likeness (QED) is 0.543. The Morgan fingerprint density at radius 3 is 2.07 bits per heavy atom. The molecule has 86 valence electrons. The van der Waals surface area contributed by atoms with Crippen LogP contribution >= 0.6 is 0 Å². The molecule has 11 heteroatoms. The van der Waals surface area contributed by atoms with E-state index in [1.807, 2.05) is 0 Å². The third-order valence-electron chi connectivity index (χ3n) is 1.42. The first-order valence-electron chi connectivity index (χ1n) is 3.37. The highest BCUT2D eigenvalue weighted by Crippen LogP contribution is 2.36. The van der Waals surface area contributed by atoms with Crippen molar-refractivity contribution in [3.8, 4) is 0 Å². The number of rotatable bonds is 2. The van der Waals surface area contributed by atoms with Gasteiger partial charge < -0.3 is 5.84 Å². The molecule has 0 aliphatic carbocycles. The molecular weight excluding hydrogens is 229 g/mol. The van der Waals surface area contributed by atoms with E-state index in [2.05, 4.69) is 10.4 Å². The Morgan fingerprint density at radius 1 is 1.20 bits per heavy atom. The van der Waals surface area contributed by atoms with Crippen molar-refractivity contribution in [2.24, 2.45) is 0 Å². The number of nitrogen functional groups attached to an aromatic ring is 1. The van der Waals surface area contributed by atoms with Crippen LogP contribution in [0.5, 0.6) is 0 Å². The van der Waals surface area contributed by atoms with Gasteiger partial charge in [0, 0.05) is 0 Å². The molecule has 0 saturated heterocycles. The van der Waals surface area contributed by atoms with Gasteiger partial charge in [-0.2, -0.15) is 26.6 Å². The van der Waals surface area contributed by atoms with Gasteiger partial charge in [-0.3, -0.25) is 0 Å². The van der Waals surface area contributed by atoms with Crippen molar-refractivity contribution < 1.29 is 22.0 Å². The van der Waals surface area contributed by atoms with Crippen LogP contribution in [0.3, 0.4) is 0 Å². The van der Waals surface area contributed by atoms with E-state index in [0.29, 0.717) is 0 Å². The maximum Gasteiger partial charge on any atom is 0.455 e. The summed E-state index contributed by atoms with van der Waals surface area (Å²) in [6.07, 6.45) is -5.76. The fraction of sp³-hybridized carbons (Fsp3) is 0.750. The van der Waals surface area contributed by atoms with Gasteiger partial charge in [-0.05, 0) is 10.4 Å². The molecule has 6 nitrogen and oxygen atoms in total. The molecule has 1 rings (SSSR count). The predicted octanol–water partition coefficient (Wildman–Crippen LogP) is -0.649. The minimum absolute atomic E-state index is 0.0481. The second-order valence-corrected chi connectivity index (χ2v) is 2.57. The van der Waals surface area contributed by atoms with Crippen molar-refractivity contribution >= 4 is 0 Å². The molecule has 0 aliphatic rings. The van der Waals surface area contributed by atoms with Crippen molar-refractivity contribution in [3.63, 3.8) is 0 Å². The summed E-state index contributed by atoms with van der Waals surface area (Å²) in [7, 11) is 0. The summed E-state index contributed by atoms with van der Waals surface area (Å²) in [6.45, 7) is -1.95. The van der Waals surface area contributed by atoms with E-state index in [9.17, 15) is 26.7 Å². The van der Waals surface area contributed by atoms with Gasteiger partial charge >= 0.3 is 17.8 Å². The molecule has 1 aromatic rings. The van der Waals surface area contributed by atoms with Crippen molar-refractivity contribution in [2.45, 2.75) is 18.6 Å². The SMILES string of the molecule is Nn1nnn(CC(F)(F)C(F)(F)F)c1=O. The van der Waals surface area contributed by atoms with Crippen molar-refractivity contribution in [1.29, 1.82) is 0 Å². The third kappa shape index (κ3) is 2.05. The highest BCUT2D eigenvalue weighted by Gasteiger charge is 2.58. The van der Waals surface area contributed by atoms with Crippen LogP contribution in [0, 0.1) is 0 Å². The van der Waals surface area contributed by atoms with Gasteiger partial charge in [-0.25, -0.2) is 4.79 Å². The van der Waals surface area contributed by atoms with E-state index in [1.54, 1.807) is 0 Å². The van der Waals surface area contributed by atoms with E-state index >= 15 is 0 Å². The summed E-state index contributed by atoms with van der Waals surface area (Å²) < 4.78 is 59.8. The van der Waals surface area contributed by atoms with E-state index in [1.165, 1.54) is 0 Å². The molecule has 0 spiro atoms. The molecule has 1 aromatic heterocycles. The standard InChI is InChI=1S/C4H4F5N5O/c5-3(6,4(7,8)9)1-13-2(15)14(10)12-11-13/h1,10H2. The lowest BCUT2D eigenvalue weighted by Gasteiger charge is -2.18. The number of nitrogens with two attached hydrogens (primary N) is 1. The van der Waals surface area contributed by atoms with Crippen LogP contribution in [0.25, 0.3) is 0 Å². The fourth-order valence-corrected chi connectivity index (χ4v) is 0.663. The van der Waals surface area contributed by atoms with E-state index < -0.39 is 24.3 Å². The summed E-state index contributed by atoms with van der Waals surface area (Å²) in [4.78, 5) is 10.8. The first kappa shape index (κ1) is 11.4. The van der Waals surface area contributed by atoms with Crippen molar-refractivity contribution in [2.75, 3.05) is 5.84 Å². The number of nitrogens with zero attached hydrogens (tertiary/aromatic N) is 4. The summed E-state index contributed by atoms with van der Waals surface area (Å²) in [6, 6.07) is 0. The highest BCUT2D eigenvalue weighted by molar-refractivity contribution is 4.76. The monoisotopic (exact) mass is 233 g/mol. The van der Waals surface area contributed by atoms with Gasteiger partial charge in [0.25, 0.3) is 0 Å². The van der Waals surface area contributed by atoms with Gasteiger partial charge in [-0.15, -0.1) is 4.79 Å². The van der Waals surface area contributed by atoms with Gasteiger partial charge in [0.05, 0.1) is 0 Å². The minimum atomic E-state index is -5.76. The Hall–Kier alpha value is -1.68. The number of alkyl halides is 5. The lowest BCUT2D eigenvalue weighted by molar-refractivity contribution is -0.287. The van der Waals surface area contributed by atoms with Crippen LogP contribution in [-0.4, -0.2) is 32.0 Å². The zero-order valence-corrected chi connectivity index (χ0v) is 6.87. The number of hydrogen-bond donors (Lipinski definition) is 1. The maximum absolute atomic E-state index is 12.4. The second-order valence-electron chi connectivity index (χ2n) is 2.57. The van der Waals surface area contributed by atoms with E-state index in [-0.39, 0.29) is 9.47 Å². The van der Waals surface area contributed by atoms with Gasteiger partial charge in [0.2, 0.25) is 0 Å². The topological polar surface area (TPSA) is 78.7 Å². The molecule has 1 heterocycles. The third-order valence-corrected chi connectivity index (χ3v) is 1.42. The van der Waals surface area contributed by atoms with Crippen LogP contribution in [0.1, 0.15) is 0 Å². The Labute approximate surface area is 78.0 Å².